The van der Waals surface area contributed by atoms with Crippen LogP contribution in [0.4, 0.5) is 4.39 Å². The number of halogens is 2. The van der Waals surface area contributed by atoms with Gasteiger partial charge in [-0.15, -0.1) is 0 Å². The Labute approximate surface area is 93.4 Å². The summed E-state index contributed by atoms with van der Waals surface area (Å²) in [5, 5.41) is 3.26. The molecule has 0 radical (unpaired) electrons. The highest BCUT2D eigenvalue weighted by atomic mass is 35.5. The third-order valence-electron chi connectivity index (χ3n) is 2.16. The van der Waals surface area contributed by atoms with Gasteiger partial charge in [0.05, 0.1) is 0 Å². The molecule has 0 heterocycles. The molecule has 0 aromatic heterocycles. The molecule has 0 bridgehead atoms. The summed E-state index contributed by atoms with van der Waals surface area (Å²) in [7, 11) is 1.76. The van der Waals surface area contributed by atoms with Crippen molar-refractivity contribution in [3.8, 4) is 0 Å². The third kappa shape index (κ3) is 3.61. The molecule has 0 spiro atoms. The van der Waals surface area contributed by atoms with E-state index in [0.29, 0.717) is 23.6 Å². The molecule has 0 aliphatic carbocycles. The molecule has 2 nitrogen and oxygen atoms in total. The highest BCUT2D eigenvalue weighted by Crippen LogP contribution is 2.17. The van der Waals surface area contributed by atoms with Crippen molar-refractivity contribution in [2.24, 2.45) is 5.92 Å². The van der Waals surface area contributed by atoms with E-state index in [0.717, 1.165) is 6.29 Å². The fourth-order valence-electron chi connectivity index (χ4n) is 1.40. The van der Waals surface area contributed by atoms with E-state index in [4.69, 9.17) is 11.6 Å². The van der Waals surface area contributed by atoms with Crippen LogP contribution in [-0.2, 0) is 11.2 Å². The average Bonchev–Trinajstić information content (AvgIpc) is 2.21. The van der Waals surface area contributed by atoms with Crippen LogP contribution in [0.1, 0.15) is 5.56 Å². The maximum atomic E-state index is 13.4. The van der Waals surface area contributed by atoms with Crippen molar-refractivity contribution >= 4 is 17.9 Å². The Morgan fingerprint density at radius 1 is 1.60 bits per heavy atom. The van der Waals surface area contributed by atoms with Gasteiger partial charge in [0.25, 0.3) is 0 Å². The Balaban J connectivity index is 2.74. The molecule has 0 saturated heterocycles. The summed E-state index contributed by atoms with van der Waals surface area (Å²) in [5.74, 6) is -0.559. The van der Waals surface area contributed by atoms with Crippen LogP contribution in [0.15, 0.2) is 18.2 Å². The largest absolute Gasteiger partial charge is 0.319 e. The molecule has 1 atom stereocenters. The van der Waals surface area contributed by atoms with Crippen LogP contribution < -0.4 is 5.32 Å². The lowest BCUT2D eigenvalue weighted by atomic mass is 10.0. The molecule has 0 aliphatic heterocycles. The monoisotopic (exact) mass is 229 g/mol. The molecule has 82 valence electrons. The van der Waals surface area contributed by atoms with Crippen molar-refractivity contribution in [3.63, 3.8) is 0 Å². The van der Waals surface area contributed by atoms with E-state index in [1.54, 1.807) is 19.2 Å². The average molecular weight is 230 g/mol. The van der Waals surface area contributed by atoms with Gasteiger partial charge in [-0.05, 0) is 31.2 Å². The molecule has 1 rings (SSSR count). The van der Waals surface area contributed by atoms with Crippen LogP contribution in [-0.4, -0.2) is 19.9 Å². The molecular formula is C11H13ClFNO. The van der Waals surface area contributed by atoms with Crippen molar-refractivity contribution in [1.29, 1.82) is 0 Å². The van der Waals surface area contributed by atoms with Gasteiger partial charge in [-0.3, -0.25) is 0 Å². The van der Waals surface area contributed by atoms with Gasteiger partial charge in [0.15, 0.2) is 0 Å². The molecule has 1 aromatic rings. The fourth-order valence-corrected chi connectivity index (χ4v) is 1.56. The molecule has 0 fully saturated rings. The zero-order chi connectivity index (χ0) is 11.3. The lowest BCUT2D eigenvalue weighted by molar-refractivity contribution is -0.110. The molecule has 15 heavy (non-hydrogen) atoms. The second kappa shape index (κ2) is 5.83. The zero-order valence-electron chi connectivity index (χ0n) is 8.47. The number of rotatable bonds is 5. The number of aldehydes is 1. The molecule has 0 amide bonds. The Hall–Kier alpha value is -0.930. The molecule has 1 aromatic carbocycles. The number of benzene rings is 1. The first-order chi connectivity index (χ1) is 7.17. The van der Waals surface area contributed by atoms with Gasteiger partial charge in [0, 0.05) is 17.5 Å². The SMILES string of the molecule is CNCC(C=O)Cc1ccc(Cl)cc1F. The fraction of sp³-hybridized carbons (Fsp3) is 0.364. The minimum Gasteiger partial charge on any atom is -0.319 e. The first-order valence-corrected chi connectivity index (χ1v) is 5.09. The Bertz CT molecular complexity index is 343. The number of carbonyl (C=O) groups excluding carboxylic acids is 1. The normalized spacial score (nSPS) is 12.5. The first kappa shape index (κ1) is 12.1. The van der Waals surface area contributed by atoms with Crippen LogP contribution in [0, 0.1) is 11.7 Å². The van der Waals surface area contributed by atoms with E-state index >= 15 is 0 Å². The van der Waals surface area contributed by atoms with Gasteiger partial charge in [0.1, 0.15) is 12.1 Å². The predicted molar refractivity (Wildman–Crippen MR) is 58.6 cm³/mol. The second-order valence-electron chi connectivity index (χ2n) is 3.39. The highest BCUT2D eigenvalue weighted by Gasteiger charge is 2.10. The van der Waals surface area contributed by atoms with Crippen molar-refractivity contribution in [2.75, 3.05) is 13.6 Å². The van der Waals surface area contributed by atoms with E-state index in [1.807, 2.05) is 0 Å². The highest BCUT2D eigenvalue weighted by molar-refractivity contribution is 6.30. The first-order valence-electron chi connectivity index (χ1n) is 4.71. The van der Waals surface area contributed by atoms with E-state index in [2.05, 4.69) is 5.32 Å². The molecule has 0 aliphatic rings. The maximum Gasteiger partial charge on any atom is 0.127 e. The third-order valence-corrected chi connectivity index (χ3v) is 2.39. The van der Waals surface area contributed by atoms with Gasteiger partial charge in [-0.1, -0.05) is 17.7 Å². The number of nitrogens with one attached hydrogen (secondary N) is 1. The topological polar surface area (TPSA) is 29.1 Å². The van der Waals surface area contributed by atoms with Crippen LogP contribution in [0.25, 0.3) is 0 Å². The van der Waals surface area contributed by atoms with Gasteiger partial charge in [-0.25, -0.2) is 4.39 Å². The van der Waals surface area contributed by atoms with Crippen LogP contribution in [0.3, 0.4) is 0 Å². The number of hydrogen-bond donors (Lipinski definition) is 1. The van der Waals surface area contributed by atoms with Crippen molar-refractivity contribution in [2.45, 2.75) is 6.42 Å². The number of hydrogen-bond acceptors (Lipinski definition) is 2. The minimum absolute atomic E-state index is 0.203. The lowest BCUT2D eigenvalue weighted by Crippen LogP contribution is -2.22. The smallest absolute Gasteiger partial charge is 0.127 e. The Morgan fingerprint density at radius 2 is 2.33 bits per heavy atom. The predicted octanol–water partition coefficient (Wildman–Crippen LogP) is 2.06. The quantitative estimate of drug-likeness (QED) is 0.784. The second-order valence-corrected chi connectivity index (χ2v) is 3.83. The summed E-state index contributed by atoms with van der Waals surface area (Å²) in [6, 6.07) is 4.50. The van der Waals surface area contributed by atoms with Crippen LogP contribution in [0.5, 0.6) is 0 Å². The number of carbonyl (C=O) groups is 1. The minimum atomic E-state index is -0.356. The van der Waals surface area contributed by atoms with Gasteiger partial charge in [-0.2, -0.15) is 0 Å². The summed E-state index contributed by atoms with van der Waals surface area (Å²) in [6.07, 6.45) is 1.23. The molecule has 1 unspecified atom stereocenters. The van der Waals surface area contributed by atoms with Gasteiger partial charge < -0.3 is 10.1 Å². The maximum absolute atomic E-state index is 13.4. The van der Waals surface area contributed by atoms with Crippen molar-refractivity contribution in [3.05, 3.63) is 34.6 Å². The molecule has 1 N–H and O–H groups in total. The summed E-state index contributed by atoms with van der Waals surface area (Å²) in [4.78, 5) is 10.7. The van der Waals surface area contributed by atoms with E-state index < -0.39 is 0 Å². The molecule has 4 heteroatoms. The van der Waals surface area contributed by atoms with Crippen molar-refractivity contribution < 1.29 is 9.18 Å². The van der Waals surface area contributed by atoms with Crippen LogP contribution >= 0.6 is 11.6 Å². The van der Waals surface area contributed by atoms with Crippen molar-refractivity contribution in [1.82, 2.24) is 5.32 Å². The van der Waals surface area contributed by atoms with Gasteiger partial charge in [0.2, 0.25) is 0 Å². The summed E-state index contributed by atoms with van der Waals surface area (Å²) >= 11 is 5.63. The lowest BCUT2D eigenvalue weighted by Gasteiger charge is -2.10. The van der Waals surface area contributed by atoms with E-state index in [-0.39, 0.29) is 11.7 Å². The van der Waals surface area contributed by atoms with E-state index in [9.17, 15) is 9.18 Å². The van der Waals surface area contributed by atoms with Gasteiger partial charge >= 0.3 is 0 Å². The Kier molecular flexibility index (Phi) is 4.72. The van der Waals surface area contributed by atoms with E-state index in [1.165, 1.54) is 6.07 Å². The molecule has 0 saturated carbocycles. The molecular weight excluding hydrogens is 217 g/mol. The standard InChI is InChI=1S/C11H13ClFNO/c1-14-6-8(7-15)4-9-2-3-10(12)5-11(9)13/h2-3,5,7-8,14H,4,6H2,1H3. The Morgan fingerprint density at radius 3 is 2.87 bits per heavy atom. The van der Waals surface area contributed by atoms with Crippen LogP contribution in [0.2, 0.25) is 5.02 Å². The summed E-state index contributed by atoms with van der Waals surface area (Å²) < 4.78 is 13.4. The zero-order valence-corrected chi connectivity index (χ0v) is 9.22. The summed E-state index contributed by atoms with van der Waals surface area (Å²) in [6.45, 7) is 0.547. The summed E-state index contributed by atoms with van der Waals surface area (Å²) in [5.41, 5.74) is 0.520.